The van der Waals surface area contributed by atoms with E-state index in [2.05, 4.69) is 13.8 Å². The molecule has 0 bridgehead atoms. The van der Waals surface area contributed by atoms with Crippen LogP contribution in [0.4, 0.5) is 0 Å². The molecule has 16 heavy (non-hydrogen) atoms. The van der Waals surface area contributed by atoms with E-state index in [0.717, 1.165) is 30.6 Å². The molecule has 1 aromatic carbocycles. The summed E-state index contributed by atoms with van der Waals surface area (Å²) in [5, 5.41) is 10.5. The lowest BCUT2D eigenvalue weighted by atomic mass is 9.68. The Morgan fingerprint density at radius 1 is 1.38 bits per heavy atom. The summed E-state index contributed by atoms with van der Waals surface area (Å²) in [6, 6.07) is 7.86. The molecule has 2 rings (SSSR count). The van der Waals surface area contributed by atoms with Gasteiger partial charge in [0.2, 0.25) is 0 Å². The molecule has 0 unspecified atom stereocenters. The molecule has 0 spiro atoms. The highest BCUT2D eigenvalue weighted by molar-refractivity contribution is 5.39. The maximum Gasteiger partial charge on any atom is 0.125 e. The van der Waals surface area contributed by atoms with Gasteiger partial charge < -0.3 is 9.84 Å². The van der Waals surface area contributed by atoms with Crippen LogP contribution in [0.5, 0.6) is 5.75 Å². The monoisotopic (exact) mass is 220 g/mol. The average molecular weight is 220 g/mol. The minimum atomic E-state index is -0.649. The lowest BCUT2D eigenvalue weighted by Crippen LogP contribution is -2.40. The van der Waals surface area contributed by atoms with E-state index >= 15 is 0 Å². The highest BCUT2D eigenvalue weighted by Gasteiger charge is 2.43. The molecule has 1 N–H and O–H groups in total. The number of aliphatic hydroxyl groups is 1. The van der Waals surface area contributed by atoms with Crippen LogP contribution in [0.3, 0.4) is 0 Å². The van der Waals surface area contributed by atoms with Gasteiger partial charge in [-0.15, -0.1) is 0 Å². The van der Waals surface area contributed by atoms with Gasteiger partial charge in [0.15, 0.2) is 0 Å². The molecule has 1 saturated carbocycles. The number of rotatable bonds is 4. The zero-order valence-electron chi connectivity index (χ0n) is 10.1. The summed E-state index contributed by atoms with van der Waals surface area (Å²) in [4.78, 5) is 0. The second kappa shape index (κ2) is 4.46. The van der Waals surface area contributed by atoms with Gasteiger partial charge in [0.25, 0.3) is 0 Å². The van der Waals surface area contributed by atoms with Crippen LogP contribution in [0.25, 0.3) is 0 Å². The fourth-order valence-electron chi connectivity index (χ4n) is 2.50. The Bertz CT molecular complexity index is 354. The number of benzene rings is 1. The van der Waals surface area contributed by atoms with E-state index in [0.29, 0.717) is 12.5 Å². The van der Waals surface area contributed by atoms with Gasteiger partial charge in [-0.05, 0) is 31.2 Å². The van der Waals surface area contributed by atoms with Crippen molar-refractivity contribution in [3.63, 3.8) is 0 Å². The summed E-state index contributed by atoms with van der Waals surface area (Å²) < 4.78 is 5.68. The summed E-state index contributed by atoms with van der Waals surface area (Å²) in [7, 11) is 0. The van der Waals surface area contributed by atoms with Gasteiger partial charge in [0, 0.05) is 5.56 Å². The molecule has 88 valence electrons. The SMILES string of the molecule is CCCOc1ccccc1C1(O)CC(C)C1. The minimum Gasteiger partial charge on any atom is -0.493 e. The molecule has 0 radical (unpaired) electrons. The summed E-state index contributed by atoms with van der Waals surface area (Å²) >= 11 is 0. The first-order valence-electron chi connectivity index (χ1n) is 6.10. The third-order valence-electron chi connectivity index (χ3n) is 3.22. The van der Waals surface area contributed by atoms with E-state index in [9.17, 15) is 5.11 Å². The van der Waals surface area contributed by atoms with E-state index in [1.165, 1.54) is 0 Å². The topological polar surface area (TPSA) is 29.5 Å². The van der Waals surface area contributed by atoms with Gasteiger partial charge in [-0.2, -0.15) is 0 Å². The van der Waals surface area contributed by atoms with Crippen LogP contribution in [-0.4, -0.2) is 11.7 Å². The molecule has 0 aromatic heterocycles. The van der Waals surface area contributed by atoms with E-state index < -0.39 is 5.60 Å². The lowest BCUT2D eigenvalue weighted by molar-refractivity contribution is -0.0754. The van der Waals surface area contributed by atoms with Crippen LogP contribution in [0.1, 0.15) is 38.7 Å². The molecule has 2 nitrogen and oxygen atoms in total. The molecule has 0 amide bonds. The molecular formula is C14H20O2. The predicted molar refractivity (Wildman–Crippen MR) is 64.5 cm³/mol. The molecule has 0 saturated heterocycles. The highest BCUT2D eigenvalue weighted by Crippen LogP contribution is 2.48. The molecular weight excluding hydrogens is 200 g/mol. The molecule has 1 aromatic rings. The largest absolute Gasteiger partial charge is 0.493 e. The third-order valence-corrected chi connectivity index (χ3v) is 3.22. The van der Waals surface area contributed by atoms with Gasteiger partial charge in [-0.1, -0.05) is 32.0 Å². The van der Waals surface area contributed by atoms with Crippen molar-refractivity contribution in [1.29, 1.82) is 0 Å². The molecule has 2 heteroatoms. The summed E-state index contributed by atoms with van der Waals surface area (Å²) in [5.74, 6) is 1.46. The zero-order chi connectivity index (χ0) is 11.6. The highest BCUT2D eigenvalue weighted by atomic mass is 16.5. The Labute approximate surface area is 97.3 Å². The fourth-order valence-corrected chi connectivity index (χ4v) is 2.50. The van der Waals surface area contributed by atoms with Crippen LogP contribution >= 0.6 is 0 Å². The fraction of sp³-hybridized carbons (Fsp3) is 0.571. The normalized spacial score (nSPS) is 28.6. The molecule has 0 aliphatic heterocycles. The Morgan fingerprint density at radius 2 is 2.06 bits per heavy atom. The van der Waals surface area contributed by atoms with Crippen molar-refractivity contribution in [2.45, 2.75) is 38.7 Å². The number of hydrogen-bond donors (Lipinski definition) is 1. The first kappa shape index (κ1) is 11.5. The van der Waals surface area contributed by atoms with Crippen molar-refractivity contribution in [2.75, 3.05) is 6.61 Å². The van der Waals surface area contributed by atoms with Crippen LogP contribution < -0.4 is 4.74 Å². The van der Waals surface area contributed by atoms with Crippen molar-refractivity contribution in [3.8, 4) is 5.75 Å². The van der Waals surface area contributed by atoms with Gasteiger partial charge in [-0.3, -0.25) is 0 Å². The number of ether oxygens (including phenoxy) is 1. The van der Waals surface area contributed by atoms with Crippen molar-refractivity contribution in [3.05, 3.63) is 29.8 Å². The summed E-state index contributed by atoms with van der Waals surface area (Å²) in [6.45, 7) is 4.97. The lowest BCUT2D eigenvalue weighted by Gasteiger charge is -2.43. The first-order valence-corrected chi connectivity index (χ1v) is 6.10. The standard InChI is InChI=1S/C14H20O2/c1-3-8-16-13-7-5-4-6-12(13)14(15)9-11(2)10-14/h4-7,11,15H,3,8-10H2,1-2H3. The molecule has 1 aliphatic rings. The number of para-hydroxylation sites is 1. The Kier molecular flexibility index (Phi) is 3.20. The van der Waals surface area contributed by atoms with E-state index in [1.807, 2.05) is 24.3 Å². The maximum atomic E-state index is 10.5. The first-order chi connectivity index (χ1) is 7.65. The maximum absolute atomic E-state index is 10.5. The predicted octanol–water partition coefficient (Wildman–Crippen LogP) is 3.09. The van der Waals surface area contributed by atoms with E-state index in [-0.39, 0.29) is 0 Å². The van der Waals surface area contributed by atoms with E-state index in [1.54, 1.807) is 0 Å². The molecule has 1 fully saturated rings. The Balaban J connectivity index is 2.19. The van der Waals surface area contributed by atoms with Crippen molar-refractivity contribution >= 4 is 0 Å². The van der Waals surface area contributed by atoms with Crippen molar-refractivity contribution in [2.24, 2.45) is 5.92 Å². The quantitative estimate of drug-likeness (QED) is 0.845. The van der Waals surface area contributed by atoms with Gasteiger partial charge in [-0.25, -0.2) is 0 Å². The number of hydrogen-bond acceptors (Lipinski definition) is 2. The van der Waals surface area contributed by atoms with Crippen molar-refractivity contribution in [1.82, 2.24) is 0 Å². The van der Waals surface area contributed by atoms with E-state index in [4.69, 9.17) is 4.74 Å². The third kappa shape index (κ3) is 2.07. The second-order valence-corrected chi connectivity index (χ2v) is 4.89. The van der Waals surface area contributed by atoms with Gasteiger partial charge in [0.05, 0.1) is 12.2 Å². The Hall–Kier alpha value is -1.02. The zero-order valence-corrected chi connectivity index (χ0v) is 10.1. The van der Waals surface area contributed by atoms with Crippen LogP contribution in [0.15, 0.2) is 24.3 Å². The summed E-state index contributed by atoms with van der Waals surface area (Å²) in [5.41, 5.74) is 0.311. The minimum absolute atomic E-state index is 0.615. The average Bonchev–Trinajstić information content (AvgIpc) is 2.25. The second-order valence-electron chi connectivity index (χ2n) is 4.89. The van der Waals surface area contributed by atoms with Crippen LogP contribution in [0.2, 0.25) is 0 Å². The van der Waals surface area contributed by atoms with Crippen molar-refractivity contribution < 1.29 is 9.84 Å². The van der Waals surface area contributed by atoms with Gasteiger partial charge in [0.1, 0.15) is 5.75 Å². The Morgan fingerprint density at radius 3 is 2.69 bits per heavy atom. The van der Waals surface area contributed by atoms with Crippen LogP contribution in [0, 0.1) is 5.92 Å². The molecule has 1 aliphatic carbocycles. The molecule has 0 heterocycles. The van der Waals surface area contributed by atoms with Crippen LogP contribution in [-0.2, 0) is 5.60 Å². The van der Waals surface area contributed by atoms with Gasteiger partial charge >= 0.3 is 0 Å². The smallest absolute Gasteiger partial charge is 0.125 e. The molecule has 0 atom stereocenters. The summed E-state index contributed by atoms with van der Waals surface area (Å²) in [6.07, 6.45) is 2.68.